The molecule has 21 heavy (non-hydrogen) atoms. The van der Waals surface area contributed by atoms with Crippen LogP contribution in [0.25, 0.3) is 0 Å². The van der Waals surface area contributed by atoms with Gasteiger partial charge in [-0.3, -0.25) is 4.18 Å². The van der Waals surface area contributed by atoms with E-state index in [4.69, 9.17) is 4.18 Å². The van der Waals surface area contributed by atoms with E-state index >= 15 is 0 Å². The molecule has 0 aromatic rings. The van der Waals surface area contributed by atoms with Crippen LogP contribution in [0.1, 0.15) is 84.5 Å². The van der Waals surface area contributed by atoms with Gasteiger partial charge in [-0.25, -0.2) is 0 Å². The summed E-state index contributed by atoms with van der Waals surface area (Å²) in [7, 11) is -3.77. The molecule has 0 fully saturated rings. The molecule has 0 aliphatic heterocycles. The van der Waals surface area contributed by atoms with Crippen LogP contribution in [0.3, 0.4) is 0 Å². The van der Waals surface area contributed by atoms with Crippen LogP contribution in [0.15, 0.2) is 0 Å². The van der Waals surface area contributed by atoms with E-state index in [1.807, 2.05) is 0 Å². The topological polar surface area (TPSA) is 63.6 Å². The van der Waals surface area contributed by atoms with Gasteiger partial charge in [0.1, 0.15) is 0 Å². The molecule has 0 saturated carbocycles. The normalized spacial score (nSPS) is 12.9. The Labute approximate surface area is 174 Å². The first-order valence-corrected chi connectivity index (χ1v) is 9.58. The van der Waals surface area contributed by atoms with Crippen molar-refractivity contribution in [3.63, 3.8) is 0 Å². The Kier molecular flexibility index (Phi) is 19.3. The minimum atomic E-state index is -3.77. The molecule has 0 aliphatic carbocycles. The number of rotatable bonds is 14. The average molecular weight is 349 g/mol. The third-order valence-electron chi connectivity index (χ3n) is 3.43. The van der Waals surface area contributed by atoms with Gasteiger partial charge in [-0.15, -0.1) is 0 Å². The Morgan fingerprint density at radius 3 is 1.71 bits per heavy atom. The Bertz CT molecular complexity index is 307. The van der Waals surface area contributed by atoms with Gasteiger partial charge < -0.3 is 5.11 Å². The Balaban J connectivity index is 0. The van der Waals surface area contributed by atoms with Crippen LogP contribution < -0.4 is 0 Å². The second-order valence-corrected chi connectivity index (χ2v) is 7.13. The standard InChI is InChI=1S/C15H32O4S.K.H/c1-3-5-6-7-8-9-10-11-12-13-14-19-20(17,18)15(16)4-2;;/h15-16H,3-14H2,1-2H3;;. The first-order valence-electron chi connectivity index (χ1n) is 8.11. The van der Waals surface area contributed by atoms with Crippen molar-refractivity contribution < 1.29 is 17.7 Å². The molecule has 0 aromatic carbocycles. The zero-order valence-electron chi connectivity index (χ0n) is 13.1. The summed E-state index contributed by atoms with van der Waals surface area (Å²) >= 11 is 0. The quantitative estimate of drug-likeness (QED) is 0.297. The summed E-state index contributed by atoms with van der Waals surface area (Å²) < 4.78 is 27.5. The van der Waals surface area contributed by atoms with E-state index in [0.717, 1.165) is 19.3 Å². The zero-order chi connectivity index (χ0) is 15.3. The molecule has 6 heteroatoms. The first kappa shape index (κ1) is 24.8. The van der Waals surface area contributed by atoms with Gasteiger partial charge in [-0.2, -0.15) is 8.42 Å². The van der Waals surface area contributed by atoms with Gasteiger partial charge in [-0.05, 0) is 12.8 Å². The molecule has 0 aliphatic rings. The van der Waals surface area contributed by atoms with Gasteiger partial charge in [0.15, 0.2) is 5.44 Å². The third kappa shape index (κ3) is 14.8. The van der Waals surface area contributed by atoms with Crippen molar-refractivity contribution >= 4 is 61.5 Å². The molecular formula is C15H33KO4S. The zero-order valence-corrected chi connectivity index (χ0v) is 14.0. The monoisotopic (exact) mass is 348 g/mol. The Morgan fingerprint density at radius 1 is 0.857 bits per heavy atom. The number of hydrogen-bond acceptors (Lipinski definition) is 4. The van der Waals surface area contributed by atoms with Crippen molar-refractivity contribution in [2.75, 3.05) is 6.61 Å². The minimum absolute atomic E-state index is 0. The predicted molar refractivity (Wildman–Crippen MR) is 90.2 cm³/mol. The average Bonchev–Trinajstić information content (AvgIpc) is 2.43. The first-order chi connectivity index (χ1) is 9.54. The van der Waals surface area contributed by atoms with Gasteiger partial charge in [0, 0.05) is 0 Å². The second kappa shape index (κ2) is 16.4. The van der Waals surface area contributed by atoms with Crippen molar-refractivity contribution in [3.05, 3.63) is 0 Å². The molecular weight excluding hydrogens is 315 g/mol. The molecule has 1 unspecified atom stereocenters. The van der Waals surface area contributed by atoms with E-state index in [1.54, 1.807) is 6.92 Å². The SMILES string of the molecule is CCCCCCCCCCCCOS(=O)(=O)C(O)CC.[KH]. The van der Waals surface area contributed by atoms with Gasteiger partial charge >= 0.3 is 51.4 Å². The summed E-state index contributed by atoms with van der Waals surface area (Å²) in [6.07, 6.45) is 12.2. The molecule has 0 saturated heterocycles. The maximum absolute atomic E-state index is 11.3. The summed E-state index contributed by atoms with van der Waals surface area (Å²) in [4.78, 5) is 0. The predicted octanol–water partition coefficient (Wildman–Crippen LogP) is 3.33. The Morgan fingerprint density at radius 2 is 1.29 bits per heavy atom. The van der Waals surface area contributed by atoms with Crippen molar-refractivity contribution in [1.82, 2.24) is 0 Å². The van der Waals surface area contributed by atoms with Crippen LogP contribution in [-0.4, -0.2) is 77.0 Å². The summed E-state index contributed by atoms with van der Waals surface area (Å²) in [6, 6.07) is 0. The van der Waals surface area contributed by atoms with Crippen molar-refractivity contribution in [1.29, 1.82) is 0 Å². The molecule has 124 valence electrons. The van der Waals surface area contributed by atoms with Gasteiger partial charge in [0.05, 0.1) is 6.61 Å². The second-order valence-electron chi connectivity index (χ2n) is 5.36. The fourth-order valence-corrected chi connectivity index (χ4v) is 2.96. The molecule has 0 bridgehead atoms. The maximum atomic E-state index is 11.3. The van der Waals surface area contributed by atoms with E-state index < -0.39 is 15.6 Å². The van der Waals surface area contributed by atoms with Gasteiger partial charge in [0.25, 0.3) is 10.1 Å². The fraction of sp³-hybridized carbons (Fsp3) is 1.00. The van der Waals surface area contributed by atoms with E-state index in [2.05, 4.69) is 6.92 Å². The van der Waals surface area contributed by atoms with Crippen LogP contribution in [0.5, 0.6) is 0 Å². The molecule has 0 rings (SSSR count). The van der Waals surface area contributed by atoms with Crippen LogP contribution >= 0.6 is 0 Å². The van der Waals surface area contributed by atoms with Crippen LogP contribution in [0, 0.1) is 0 Å². The van der Waals surface area contributed by atoms with E-state index in [9.17, 15) is 13.5 Å². The van der Waals surface area contributed by atoms with Crippen molar-refractivity contribution in [2.45, 2.75) is 89.9 Å². The number of aliphatic hydroxyl groups is 1. The molecule has 1 atom stereocenters. The molecule has 1 N–H and O–H groups in total. The molecule has 0 aromatic heterocycles. The third-order valence-corrected chi connectivity index (χ3v) is 4.92. The summed E-state index contributed by atoms with van der Waals surface area (Å²) in [5.74, 6) is 0. The van der Waals surface area contributed by atoms with Crippen LogP contribution in [0.2, 0.25) is 0 Å². The van der Waals surface area contributed by atoms with Gasteiger partial charge in [0.2, 0.25) is 0 Å². The summed E-state index contributed by atoms with van der Waals surface area (Å²) in [6.45, 7) is 4.03. The molecule has 0 heterocycles. The molecule has 0 spiro atoms. The number of hydrogen-bond donors (Lipinski definition) is 1. The van der Waals surface area contributed by atoms with Crippen molar-refractivity contribution in [2.24, 2.45) is 0 Å². The Hall–Kier alpha value is 1.51. The van der Waals surface area contributed by atoms with E-state index in [1.165, 1.54) is 44.9 Å². The number of unbranched alkanes of at least 4 members (excludes halogenated alkanes) is 9. The summed E-state index contributed by atoms with van der Waals surface area (Å²) in [5, 5.41) is 9.23. The number of aliphatic hydroxyl groups excluding tert-OH is 1. The summed E-state index contributed by atoms with van der Waals surface area (Å²) in [5.41, 5.74) is -1.38. The molecule has 0 radical (unpaired) electrons. The van der Waals surface area contributed by atoms with Crippen LogP contribution in [0.4, 0.5) is 0 Å². The van der Waals surface area contributed by atoms with Gasteiger partial charge in [-0.1, -0.05) is 71.6 Å². The van der Waals surface area contributed by atoms with E-state index in [0.29, 0.717) is 0 Å². The van der Waals surface area contributed by atoms with Crippen LogP contribution in [-0.2, 0) is 14.3 Å². The van der Waals surface area contributed by atoms with E-state index in [-0.39, 0.29) is 64.4 Å². The van der Waals surface area contributed by atoms with Crippen molar-refractivity contribution in [3.8, 4) is 0 Å². The molecule has 4 nitrogen and oxygen atoms in total. The fourth-order valence-electron chi connectivity index (χ4n) is 2.05. The molecule has 0 amide bonds.